The third-order valence-electron chi connectivity index (χ3n) is 7.00. The number of amides is 2. The molecule has 0 aliphatic carbocycles. The second-order valence-electron chi connectivity index (χ2n) is 10.6. The smallest absolute Gasteiger partial charge is 0.259 e. The molecule has 0 unspecified atom stereocenters. The number of nitrogens with zero attached hydrogens (tertiary/aromatic N) is 4. The topological polar surface area (TPSA) is 86.2 Å². The highest BCUT2D eigenvalue weighted by atomic mass is 16.5. The molecule has 2 aliphatic heterocycles. The first-order valence-corrected chi connectivity index (χ1v) is 13.3. The number of carbonyl (C=O) groups is 2. The Balaban J connectivity index is 1.79. The zero-order valence-corrected chi connectivity index (χ0v) is 22.5. The minimum absolute atomic E-state index is 0.0735. The first-order chi connectivity index (χ1) is 17.2. The van der Waals surface area contributed by atoms with E-state index in [1.807, 2.05) is 34.7 Å². The number of hydrogen-bond acceptors (Lipinski definition) is 6. The van der Waals surface area contributed by atoms with E-state index in [1.54, 1.807) is 22.1 Å². The maximum atomic E-state index is 13.5. The number of aliphatic hydroxyl groups is 1. The molecule has 3 heterocycles. The Morgan fingerprint density at radius 3 is 2.67 bits per heavy atom. The van der Waals surface area contributed by atoms with Crippen molar-refractivity contribution < 1.29 is 19.4 Å². The van der Waals surface area contributed by atoms with Crippen molar-refractivity contribution in [2.24, 2.45) is 11.8 Å². The van der Waals surface area contributed by atoms with Crippen LogP contribution in [0, 0.1) is 23.7 Å². The fourth-order valence-electron chi connectivity index (χ4n) is 4.62. The lowest BCUT2D eigenvalue weighted by molar-refractivity contribution is -0.131. The molecule has 1 aromatic rings. The van der Waals surface area contributed by atoms with Gasteiger partial charge < -0.3 is 24.5 Å². The van der Waals surface area contributed by atoms with Crippen LogP contribution < -0.4 is 4.74 Å². The highest BCUT2D eigenvalue weighted by molar-refractivity contribution is 5.97. The molecular weight excluding hydrogens is 456 g/mol. The Morgan fingerprint density at radius 2 is 2.00 bits per heavy atom. The lowest BCUT2D eigenvalue weighted by atomic mass is 9.99. The number of aliphatic hydroxyl groups excluding tert-OH is 1. The van der Waals surface area contributed by atoms with Crippen LogP contribution in [-0.4, -0.2) is 95.1 Å². The summed E-state index contributed by atoms with van der Waals surface area (Å²) in [4.78, 5) is 36.6. The number of fused-ring (bicyclic) bond motifs is 1. The average molecular weight is 499 g/mol. The van der Waals surface area contributed by atoms with Crippen LogP contribution in [-0.2, 0) is 4.79 Å². The van der Waals surface area contributed by atoms with Gasteiger partial charge in [0.05, 0.1) is 19.2 Å². The Kier molecular flexibility index (Phi) is 10.1. The lowest BCUT2D eigenvalue weighted by Gasteiger charge is -2.37. The molecule has 8 nitrogen and oxygen atoms in total. The second-order valence-corrected chi connectivity index (χ2v) is 10.6. The van der Waals surface area contributed by atoms with Crippen molar-refractivity contribution in [1.29, 1.82) is 0 Å². The predicted molar refractivity (Wildman–Crippen MR) is 140 cm³/mol. The summed E-state index contributed by atoms with van der Waals surface area (Å²) in [5.74, 6) is 6.39. The van der Waals surface area contributed by atoms with E-state index in [0.29, 0.717) is 30.6 Å². The Hall–Kier alpha value is -2.63. The number of likely N-dealkylation sites (tertiary alicyclic amines) is 1. The molecule has 0 saturated carbocycles. The van der Waals surface area contributed by atoms with Gasteiger partial charge in [-0.25, -0.2) is 4.98 Å². The summed E-state index contributed by atoms with van der Waals surface area (Å²) in [6.07, 6.45) is 5.44. The van der Waals surface area contributed by atoms with E-state index in [-0.39, 0.29) is 48.3 Å². The minimum atomic E-state index is -0.360. The fraction of sp³-hybridized carbons (Fsp3) is 0.679. The Labute approximate surface area is 216 Å². The third-order valence-corrected chi connectivity index (χ3v) is 7.00. The molecule has 1 fully saturated rings. The zero-order valence-electron chi connectivity index (χ0n) is 22.5. The van der Waals surface area contributed by atoms with Gasteiger partial charge in [0, 0.05) is 50.2 Å². The molecule has 8 heteroatoms. The number of likely N-dealkylation sites (N-methyl/N-ethyl adjacent to an activating group) is 1. The summed E-state index contributed by atoms with van der Waals surface area (Å²) >= 11 is 0. The summed E-state index contributed by atoms with van der Waals surface area (Å²) in [6.45, 7) is 11.4. The zero-order chi connectivity index (χ0) is 26.2. The van der Waals surface area contributed by atoms with Gasteiger partial charge in [0.25, 0.3) is 5.91 Å². The van der Waals surface area contributed by atoms with E-state index in [1.165, 1.54) is 19.3 Å². The number of piperidine rings is 1. The van der Waals surface area contributed by atoms with Crippen molar-refractivity contribution in [1.82, 2.24) is 19.7 Å². The van der Waals surface area contributed by atoms with E-state index in [9.17, 15) is 14.7 Å². The number of hydrogen-bond donors (Lipinski definition) is 1. The number of pyridine rings is 1. The molecule has 1 aromatic heterocycles. The molecule has 198 valence electrons. The first-order valence-electron chi connectivity index (χ1n) is 13.3. The van der Waals surface area contributed by atoms with Gasteiger partial charge in [0.1, 0.15) is 11.7 Å². The van der Waals surface area contributed by atoms with Crippen LogP contribution in [0.5, 0.6) is 5.88 Å². The maximum Gasteiger partial charge on any atom is 0.259 e. The Bertz CT molecular complexity index is 964. The van der Waals surface area contributed by atoms with Gasteiger partial charge in [-0.05, 0) is 38.9 Å². The minimum Gasteiger partial charge on any atom is -0.472 e. The standard InChI is InChI=1S/C28H42N4O4/c1-20(2)9-10-23-15-24-27(29-16-23)36-25(21(3)17-32(28(24)35)22(4)19-33)18-30(5)26(34)11-14-31-12-7-6-8-13-31/h15-16,20-22,25,33H,6-8,11-14,17-19H2,1-5H3/t21-,22+,25+/m0/s1. The monoisotopic (exact) mass is 498 g/mol. The largest absolute Gasteiger partial charge is 0.472 e. The van der Waals surface area contributed by atoms with Crippen LogP contribution in [0.1, 0.15) is 69.3 Å². The second kappa shape index (κ2) is 13.1. The van der Waals surface area contributed by atoms with Crippen molar-refractivity contribution in [3.05, 3.63) is 23.4 Å². The lowest BCUT2D eigenvalue weighted by Crippen LogP contribution is -2.50. The van der Waals surface area contributed by atoms with Crippen molar-refractivity contribution >= 4 is 11.8 Å². The van der Waals surface area contributed by atoms with E-state index >= 15 is 0 Å². The molecule has 0 spiro atoms. The van der Waals surface area contributed by atoms with E-state index in [4.69, 9.17) is 4.74 Å². The van der Waals surface area contributed by atoms with Crippen LogP contribution in [0.3, 0.4) is 0 Å². The highest BCUT2D eigenvalue weighted by Crippen LogP contribution is 2.27. The summed E-state index contributed by atoms with van der Waals surface area (Å²) in [7, 11) is 1.81. The molecule has 1 N–H and O–H groups in total. The molecular formula is C28H42N4O4. The third kappa shape index (κ3) is 7.44. The van der Waals surface area contributed by atoms with Gasteiger partial charge in [-0.15, -0.1) is 0 Å². The summed E-state index contributed by atoms with van der Waals surface area (Å²) in [6, 6.07) is 1.36. The van der Waals surface area contributed by atoms with Crippen molar-refractivity contribution in [3.63, 3.8) is 0 Å². The highest BCUT2D eigenvalue weighted by Gasteiger charge is 2.34. The van der Waals surface area contributed by atoms with E-state index in [0.717, 1.165) is 19.6 Å². The first kappa shape index (κ1) is 27.9. The normalized spacial score (nSPS) is 21.5. The van der Waals surface area contributed by atoms with Gasteiger partial charge >= 0.3 is 0 Å². The molecule has 36 heavy (non-hydrogen) atoms. The van der Waals surface area contributed by atoms with E-state index in [2.05, 4.69) is 21.7 Å². The molecule has 0 aromatic carbocycles. The summed E-state index contributed by atoms with van der Waals surface area (Å²) in [5, 5.41) is 9.83. The predicted octanol–water partition coefficient (Wildman–Crippen LogP) is 2.64. The molecule has 3 atom stereocenters. The molecule has 2 aliphatic rings. The van der Waals surface area contributed by atoms with Gasteiger partial charge in [-0.1, -0.05) is 39.0 Å². The number of aromatic nitrogens is 1. The number of carbonyl (C=O) groups excluding carboxylic acids is 2. The van der Waals surface area contributed by atoms with Gasteiger partial charge in [-0.3, -0.25) is 9.59 Å². The average Bonchev–Trinajstić information content (AvgIpc) is 2.88. The van der Waals surface area contributed by atoms with E-state index < -0.39 is 0 Å². The van der Waals surface area contributed by atoms with Crippen LogP contribution in [0.4, 0.5) is 0 Å². The van der Waals surface area contributed by atoms with Crippen LogP contribution in [0.2, 0.25) is 0 Å². The fourth-order valence-corrected chi connectivity index (χ4v) is 4.62. The molecule has 2 amide bonds. The van der Waals surface area contributed by atoms with Gasteiger partial charge in [-0.2, -0.15) is 0 Å². The van der Waals surface area contributed by atoms with Crippen molar-refractivity contribution in [3.8, 4) is 17.7 Å². The van der Waals surface area contributed by atoms with Crippen molar-refractivity contribution in [2.75, 3.05) is 46.4 Å². The Morgan fingerprint density at radius 1 is 1.28 bits per heavy atom. The maximum absolute atomic E-state index is 13.5. The quantitative estimate of drug-likeness (QED) is 0.582. The molecule has 0 radical (unpaired) electrons. The SMILES string of the molecule is CC(C)C#Cc1cnc2c(c1)C(=O)N([C@H](C)CO)C[C@H](C)[C@@H](CN(C)C(=O)CCN1CCCCC1)O2. The van der Waals surface area contributed by atoms with Gasteiger partial charge in [0.2, 0.25) is 11.8 Å². The van der Waals surface area contributed by atoms with Crippen LogP contribution in [0.15, 0.2) is 12.3 Å². The summed E-state index contributed by atoms with van der Waals surface area (Å²) in [5.41, 5.74) is 0.980. The van der Waals surface area contributed by atoms with Crippen LogP contribution in [0.25, 0.3) is 0 Å². The molecule has 1 saturated heterocycles. The molecule has 3 rings (SSSR count). The number of rotatable bonds is 7. The van der Waals surface area contributed by atoms with Gasteiger partial charge in [0.15, 0.2) is 0 Å². The van der Waals surface area contributed by atoms with Crippen molar-refractivity contribution in [2.45, 2.75) is 65.5 Å². The summed E-state index contributed by atoms with van der Waals surface area (Å²) < 4.78 is 6.30. The molecule has 0 bridgehead atoms. The van der Waals surface area contributed by atoms with Crippen LogP contribution >= 0.6 is 0 Å². The number of ether oxygens (including phenoxy) is 1.